The third-order valence-corrected chi connectivity index (χ3v) is 3.40. The van der Waals surface area contributed by atoms with Crippen molar-refractivity contribution in [1.82, 2.24) is 9.80 Å². The molecule has 22 heavy (non-hydrogen) atoms. The fourth-order valence-corrected chi connectivity index (χ4v) is 2.25. The van der Waals surface area contributed by atoms with E-state index in [9.17, 15) is 14.0 Å². The van der Waals surface area contributed by atoms with E-state index in [1.807, 2.05) is 13.8 Å². The van der Waals surface area contributed by atoms with E-state index in [1.165, 1.54) is 24.0 Å². The van der Waals surface area contributed by atoms with Gasteiger partial charge in [-0.3, -0.25) is 9.59 Å². The zero-order valence-electron chi connectivity index (χ0n) is 13.6. The second kappa shape index (κ2) is 9.18. The van der Waals surface area contributed by atoms with Gasteiger partial charge < -0.3 is 9.80 Å². The van der Waals surface area contributed by atoms with Gasteiger partial charge in [0.1, 0.15) is 12.4 Å². The van der Waals surface area contributed by atoms with Gasteiger partial charge in [0.2, 0.25) is 11.8 Å². The highest BCUT2D eigenvalue weighted by atomic mass is 19.1. The molecule has 1 aromatic rings. The van der Waals surface area contributed by atoms with E-state index in [0.717, 1.165) is 18.4 Å². The van der Waals surface area contributed by atoms with E-state index >= 15 is 0 Å². The number of rotatable bonds is 8. The van der Waals surface area contributed by atoms with E-state index in [4.69, 9.17) is 0 Å². The first-order valence-corrected chi connectivity index (χ1v) is 7.75. The average Bonchev–Trinajstić information content (AvgIpc) is 2.48. The number of nitrogens with zero attached hydrogens (tertiary/aromatic N) is 2. The summed E-state index contributed by atoms with van der Waals surface area (Å²) >= 11 is 0. The number of hydrogen-bond donors (Lipinski definition) is 0. The van der Waals surface area contributed by atoms with Crippen molar-refractivity contribution in [2.75, 3.05) is 19.6 Å². The average molecular weight is 308 g/mol. The Morgan fingerprint density at radius 1 is 1.00 bits per heavy atom. The molecule has 122 valence electrons. The molecule has 0 atom stereocenters. The Morgan fingerprint density at radius 2 is 1.55 bits per heavy atom. The molecule has 0 aliphatic rings. The highest BCUT2D eigenvalue weighted by molar-refractivity contribution is 5.83. The summed E-state index contributed by atoms with van der Waals surface area (Å²) in [5.41, 5.74) is 0.807. The van der Waals surface area contributed by atoms with Gasteiger partial charge in [0.05, 0.1) is 0 Å². The number of carbonyl (C=O) groups is 2. The third-order valence-electron chi connectivity index (χ3n) is 3.40. The minimum Gasteiger partial charge on any atom is -0.341 e. The molecule has 0 saturated carbocycles. The van der Waals surface area contributed by atoms with Crippen LogP contribution in [0.2, 0.25) is 0 Å². The second-order valence-corrected chi connectivity index (χ2v) is 5.38. The molecule has 0 aliphatic carbocycles. The highest BCUT2D eigenvalue weighted by Gasteiger charge is 2.18. The van der Waals surface area contributed by atoms with Crippen LogP contribution in [0.1, 0.15) is 39.2 Å². The monoisotopic (exact) mass is 308 g/mol. The van der Waals surface area contributed by atoms with Crippen molar-refractivity contribution in [3.63, 3.8) is 0 Å². The van der Waals surface area contributed by atoms with E-state index in [0.29, 0.717) is 19.6 Å². The lowest BCUT2D eigenvalue weighted by Gasteiger charge is -2.26. The molecule has 0 saturated heterocycles. The molecule has 0 unspecified atom stereocenters. The molecule has 5 heteroatoms. The topological polar surface area (TPSA) is 40.6 Å². The van der Waals surface area contributed by atoms with Crippen LogP contribution in [0.3, 0.4) is 0 Å². The van der Waals surface area contributed by atoms with Crippen molar-refractivity contribution in [2.24, 2.45) is 0 Å². The first-order chi connectivity index (χ1) is 10.5. The van der Waals surface area contributed by atoms with Crippen molar-refractivity contribution >= 4 is 11.8 Å². The number of carbonyl (C=O) groups excluding carboxylic acids is 2. The van der Waals surface area contributed by atoms with Crippen LogP contribution in [0.5, 0.6) is 0 Å². The highest BCUT2D eigenvalue weighted by Crippen LogP contribution is 2.08. The lowest BCUT2D eigenvalue weighted by Crippen LogP contribution is -2.42. The summed E-state index contributed by atoms with van der Waals surface area (Å²) in [6.07, 6.45) is 1.79. The molecule has 0 spiro atoms. The SMILES string of the molecule is CCCN(CCC)C(=O)CN(Cc1ccc(F)cc1)C(C)=O. The maximum Gasteiger partial charge on any atom is 0.242 e. The van der Waals surface area contributed by atoms with Crippen molar-refractivity contribution in [3.05, 3.63) is 35.6 Å². The third kappa shape index (κ3) is 5.84. The van der Waals surface area contributed by atoms with Crippen LogP contribution in [0, 0.1) is 5.82 Å². The normalized spacial score (nSPS) is 10.4. The van der Waals surface area contributed by atoms with Crippen LogP contribution in [-0.2, 0) is 16.1 Å². The van der Waals surface area contributed by atoms with Crippen LogP contribution in [-0.4, -0.2) is 41.2 Å². The molecule has 2 amide bonds. The Hall–Kier alpha value is -1.91. The van der Waals surface area contributed by atoms with Crippen molar-refractivity contribution in [1.29, 1.82) is 0 Å². The van der Waals surface area contributed by atoms with Crippen molar-refractivity contribution < 1.29 is 14.0 Å². The Balaban J connectivity index is 2.72. The standard InChI is InChI=1S/C17H25FN2O2/c1-4-10-19(11-5-2)17(22)13-20(14(3)21)12-15-6-8-16(18)9-7-15/h6-9H,4-5,10-13H2,1-3H3. The number of amides is 2. The fraction of sp³-hybridized carbons (Fsp3) is 0.529. The maximum atomic E-state index is 12.9. The van der Waals surface area contributed by atoms with Gasteiger partial charge in [-0.15, -0.1) is 0 Å². The molecule has 1 rings (SSSR count). The summed E-state index contributed by atoms with van der Waals surface area (Å²) < 4.78 is 12.9. The van der Waals surface area contributed by atoms with Crippen LogP contribution in [0.15, 0.2) is 24.3 Å². The van der Waals surface area contributed by atoms with Gasteiger partial charge in [0.25, 0.3) is 0 Å². The van der Waals surface area contributed by atoms with Gasteiger partial charge >= 0.3 is 0 Å². The summed E-state index contributed by atoms with van der Waals surface area (Å²) in [7, 11) is 0. The minimum absolute atomic E-state index is 0.0407. The van der Waals surface area contributed by atoms with Crippen LogP contribution in [0.25, 0.3) is 0 Å². The van der Waals surface area contributed by atoms with Gasteiger partial charge in [0, 0.05) is 26.6 Å². The van der Waals surface area contributed by atoms with Gasteiger partial charge in [-0.05, 0) is 30.5 Å². The molecule has 0 aliphatic heterocycles. The molecule has 0 radical (unpaired) electrons. The molecular weight excluding hydrogens is 283 g/mol. The number of hydrogen-bond acceptors (Lipinski definition) is 2. The quantitative estimate of drug-likeness (QED) is 0.741. The summed E-state index contributed by atoms with van der Waals surface area (Å²) in [5.74, 6) is -0.516. The van der Waals surface area contributed by atoms with E-state index < -0.39 is 0 Å². The summed E-state index contributed by atoms with van der Waals surface area (Å²) in [5, 5.41) is 0. The molecule has 4 nitrogen and oxygen atoms in total. The molecule has 0 fully saturated rings. The Bertz CT molecular complexity index is 482. The van der Waals surface area contributed by atoms with Crippen LogP contribution >= 0.6 is 0 Å². The van der Waals surface area contributed by atoms with Gasteiger partial charge in [-0.2, -0.15) is 0 Å². The molecule has 0 bridgehead atoms. The van der Waals surface area contributed by atoms with Gasteiger partial charge in [-0.1, -0.05) is 26.0 Å². The Labute approximate surface area is 131 Å². The Kier molecular flexibility index (Phi) is 7.57. The molecule has 1 aromatic carbocycles. The molecule has 0 heterocycles. The van der Waals surface area contributed by atoms with Crippen molar-refractivity contribution in [2.45, 2.75) is 40.2 Å². The van der Waals surface area contributed by atoms with E-state index in [2.05, 4.69) is 0 Å². The predicted octanol–water partition coefficient (Wildman–Crippen LogP) is 2.82. The molecular formula is C17H25FN2O2. The second-order valence-electron chi connectivity index (χ2n) is 5.38. The summed E-state index contributed by atoms with van der Waals surface area (Å²) in [6, 6.07) is 5.98. The summed E-state index contributed by atoms with van der Waals surface area (Å²) in [4.78, 5) is 27.4. The lowest BCUT2D eigenvalue weighted by atomic mass is 10.2. The van der Waals surface area contributed by atoms with Gasteiger partial charge in [0.15, 0.2) is 0 Å². The zero-order chi connectivity index (χ0) is 16.5. The Morgan fingerprint density at radius 3 is 2.00 bits per heavy atom. The largest absolute Gasteiger partial charge is 0.341 e. The molecule has 0 aromatic heterocycles. The maximum absolute atomic E-state index is 12.9. The first kappa shape index (κ1) is 18.1. The number of halogens is 1. The smallest absolute Gasteiger partial charge is 0.242 e. The predicted molar refractivity (Wildman–Crippen MR) is 84.7 cm³/mol. The zero-order valence-corrected chi connectivity index (χ0v) is 13.6. The van der Waals surface area contributed by atoms with Crippen LogP contribution in [0.4, 0.5) is 4.39 Å². The fourth-order valence-electron chi connectivity index (χ4n) is 2.25. The first-order valence-electron chi connectivity index (χ1n) is 7.75. The van der Waals surface area contributed by atoms with E-state index in [-0.39, 0.29) is 24.2 Å². The lowest BCUT2D eigenvalue weighted by molar-refractivity contribution is -0.140. The van der Waals surface area contributed by atoms with Crippen LogP contribution < -0.4 is 0 Å². The van der Waals surface area contributed by atoms with Gasteiger partial charge in [-0.25, -0.2) is 4.39 Å². The van der Waals surface area contributed by atoms with E-state index in [1.54, 1.807) is 17.0 Å². The minimum atomic E-state index is -0.314. The number of benzene rings is 1. The van der Waals surface area contributed by atoms with Crippen molar-refractivity contribution in [3.8, 4) is 0 Å². The summed E-state index contributed by atoms with van der Waals surface area (Å²) in [6.45, 7) is 7.28. The molecule has 0 N–H and O–H groups in total.